The van der Waals surface area contributed by atoms with Gasteiger partial charge in [-0.15, -0.1) is 5.06 Å². The average Bonchev–Trinajstić information content (AvgIpc) is 2.13. The maximum absolute atomic E-state index is 11.1. The summed E-state index contributed by atoms with van der Waals surface area (Å²) in [6.45, 7) is 5.04. The van der Waals surface area contributed by atoms with Crippen molar-refractivity contribution < 1.29 is 19.2 Å². The summed E-state index contributed by atoms with van der Waals surface area (Å²) >= 11 is 0. The number of hydroxylamine groups is 2. The molecular weight excluding hydrogens is 186 g/mol. The molecule has 2 amide bonds. The molecule has 0 radical (unpaired) electrons. The minimum absolute atomic E-state index is 0.185. The Labute approximate surface area is 83.0 Å². The number of amides is 2. The summed E-state index contributed by atoms with van der Waals surface area (Å²) in [5.41, 5.74) is 0. The minimum atomic E-state index is -0.596. The molecule has 5 heteroatoms. The first-order valence-corrected chi connectivity index (χ1v) is 4.52. The van der Waals surface area contributed by atoms with E-state index in [4.69, 9.17) is 0 Å². The van der Waals surface area contributed by atoms with Crippen LogP contribution in [0.5, 0.6) is 0 Å². The van der Waals surface area contributed by atoms with Gasteiger partial charge in [0.2, 0.25) is 0 Å². The molecule has 0 rings (SSSR count). The van der Waals surface area contributed by atoms with Gasteiger partial charge in [-0.25, -0.2) is 4.79 Å². The Morgan fingerprint density at radius 3 is 2.36 bits per heavy atom. The van der Waals surface area contributed by atoms with Gasteiger partial charge in [0.25, 0.3) is 12.3 Å². The van der Waals surface area contributed by atoms with Crippen LogP contribution >= 0.6 is 0 Å². The molecule has 0 N–H and O–H groups in total. The summed E-state index contributed by atoms with van der Waals surface area (Å²) in [6, 6.07) is 0. The standard InChI is InChI=1S/C9H15NO4/c1-4-5-8(12)10(6-11)14-9(13)7(2)3/h6-7H,4-5H2,1-3H3. The summed E-state index contributed by atoms with van der Waals surface area (Å²) < 4.78 is 0. The van der Waals surface area contributed by atoms with Crippen molar-refractivity contribution in [2.75, 3.05) is 0 Å². The van der Waals surface area contributed by atoms with Crippen LogP contribution in [-0.2, 0) is 19.2 Å². The third-order valence-electron chi connectivity index (χ3n) is 1.47. The highest BCUT2D eigenvalue weighted by Crippen LogP contribution is 2.01. The van der Waals surface area contributed by atoms with E-state index in [1.165, 1.54) is 0 Å². The third-order valence-corrected chi connectivity index (χ3v) is 1.47. The lowest BCUT2D eigenvalue weighted by Gasteiger charge is -2.14. The van der Waals surface area contributed by atoms with E-state index in [1.54, 1.807) is 20.8 Å². The highest BCUT2D eigenvalue weighted by Gasteiger charge is 2.18. The van der Waals surface area contributed by atoms with E-state index in [0.29, 0.717) is 11.5 Å². The molecule has 80 valence electrons. The fraction of sp³-hybridized carbons (Fsp3) is 0.667. The molecule has 0 aromatic heterocycles. The van der Waals surface area contributed by atoms with E-state index >= 15 is 0 Å². The Hall–Kier alpha value is -1.39. The topological polar surface area (TPSA) is 63.7 Å². The van der Waals surface area contributed by atoms with Crippen LogP contribution in [0, 0.1) is 5.92 Å². The molecule has 0 saturated carbocycles. The number of hydrogen-bond acceptors (Lipinski definition) is 4. The van der Waals surface area contributed by atoms with E-state index in [-0.39, 0.29) is 18.7 Å². The average molecular weight is 201 g/mol. The second-order valence-electron chi connectivity index (χ2n) is 3.14. The van der Waals surface area contributed by atoms with Crippen LogP contribution in [-0.4, -0.2) is 23.3 Å². The van der Waals surface area contributed by atoms with Gasteiger partial charge in [0.1, 0.15) is 0 Å². The Morgan fingerprint density at radius 2 is 2.00 bits per heavy atom. The summed E-state index contributed by atoms with van der Waals surface area (Å²) in [6.07, 6.45) is 0.991. The Morgan fingerprint density at radius 1 is 1.43 bits per heavy atom. The maximum Gasteiger partial charge on any atom is 0.335 e. The highest BCUT2D eigenvalue weighted by atomic mass is 16.7. The van der Waals surface area contributed by atoms with Crippen LogP contribution in [0.4, 0.5) is 0 Å². The maximum atomic E-state index is 11.1. The molecular formula is C9H15NO4. The molecule has 0 saturated heterocycles. The molecule has 0 aliphatic rings. The van der Waals surface area contributed by atoms with Crippen molar-refractivity contribution in [1.82, 2.24) is 5.06 Å². The zero-order valence-corrected chi connectivity index (χ0v) is 8.65. The van der Waals surface area contributed by atoms with Crippen LogP contribution in [0.2, 0.25) is 0 Å². The van der Waals surface area contributed by atoms with Crippen LogP contribution in [0.25, 0.3) is 0 Å². The quantitative estimate of drug-likeness (QED) is 0.500. The Kier molecular flexibility index (Phi) is 5.52. The Bertz CT molecular complexity index is 225. The van der Waals surface area contributed by atoms with Gasteiger partial charge in [-0.2, -0.15) is 0 Å². The smallest absolute Gasteiger partial charge is 0.330 e. The van der Waals surface area contributed by atoms with E-state index in [9.17, 15) is 14.4 Å². The second-order valence-corrected chi connectivity index (χ2v) is 3.14. The van der Waals surface area contributed by atoms with Crippen molar-refractivity contribution >= 4 is 18.3 Å². The monoisotopic (exact) mass is 201 g/mol. The minimum Gasteiger partial charge on any atom is -0.330 e. The first kappa shape index (κ1) is 12.6. The van der Waals surface area contributed by atoms with Crippen LogP contribution in [0.15, 0.2) is 0 Å². The molecule has 5 nitrogen and oxygen atoms in total. The highest BCUT2D eigenvalue weighted by molar-refractivity contribution is 5.86. The summed E-state index contributed by atoms with van der Waals surface area (Å²) in [7, 11) is 0. The molecule has 0 spiro atoms. The van der Waals surface area contributed by atoms with Crippen molar-refractivity contribution in [3.8, 4) is 0 Å². The molecule has 0 bridgehead atoms. The van der Waals surface area contributed by atoms with Crippen molar-refractivity contribution in [1.29, 1.82) is 0 Å². The fourth-order valence-corrected chi connectivity index (χ4v) is 0.658. The molecule has 0 fully saturated rings. The molecule has 14 heavy (non-hydrogen) atoms. The second kappa shape index (κ2) is 6.12. The molecule has 0 aliphatic carbocycles. The van der Waals surface area contributed by atoms with E-state index in [2.05, 4.69) is 4.84 Å². The zero-order valence-electron chi connectivity index (χ0n) is 8.65. The van der Waals surface area contributed by atoms with Gasteiger partial charge in [-0.05, 0) is 6.42 Å². The molecule has 0 unspecified atom stereocenters. The number of carbonyl (C=O) groups excluding carboxylic acids is 3. The molecule has 0 atom stereocenters. The van der Waals surface area contributed by atoms with E-state index in [1.807, 2.05) is 0 Å². The molecule has 0 heterocycles. The van der Waals surface area contributed by atoms with Gasteiger partial charge < -0.3 is 4.84 Å². The van der Waals surface area contributed by atoms with Gasteiger partial charge in [-0.1, -0.05) is 20.8 Å². The zero-order chi connectivity index (χ0) is 11.1. The molecule has 0 aliphatic heterocycles. The van der Waals surface area contributed by atoms with E-state index in [0.717, 1.165) is 0 Å². The van der Waals surface area contributed by atoms with Crippen LogP contribution in [0.1, 0.15) is 33.6 Å². The lowest BCUT2D eigenvalue weighted by molar-refractivity contribution is -0.198. The number of rotatable bonds is 4. The van der Waals surface area contributed by atoms with Gasteiger partial charge in [0, 0.05) is 6.42 Å². The molecule has 0 aromatic carbocycles. The fourth-order valence-electron chi connectivity index (χ4n) is 0.658. The number of nitrogens with zero attached hydrogens (tertiary/aromatic N) is 1. The number of imide groups is 1. The SMILES string of the molecule is CCCC(=O)N(C=O)OC(=O)C(C)C. The summed E-state index contributed by atoms with van der Waals surface area (Å²) in [5.74, 6) is -1.47. The first-order chi connectivity index (χ1) is 6.52. The normalized spacial score (nSPS) is 9.71. The van der Waals surface area contributed by atoms with Gasteiger partial charge in [0.05, 0.1) is 5.92 Å². The lowest BCUT2D eigenvalue weighted by atomic mass is 10.2. The van der Waals surface area contributed by atoms with Gasteiger partial charge in [0.15, 0.2) is 0 Å². The number of hydrogen-bond donors (Lipinski definition) is 0. The van der Waals surface area contributed by atoms with Gasteiger partial charge in [-0.3, -0.25) is 9.59 Å². The van der Waals surface area contributed by atoms with Crippen molar-refractivity contribution in [3.63, 3.8) is 0 Å². The predicted molar refractivity (Wildman–Crippen MR) is 48.7 cm³/mol. The van der Waals surface area contributed by atoms with Crippen molar-refractivity contribution in [3.05, 3.63) is 0 Å². The molecule has 0 aromatic rings. The lowest BCUT2D eigenvalue weighted by Crippen LogP contribution is -2.33. The number of carbonyl (C=O) groups is 3. The van der Waals surface area contributed by atoms with E-state index < -0.39 is 11.9 Å². The summed E-state index contributed by atoms with van der Waals surface area (Å²) in [5, 5.41) is 0.450. The Balaban J connectivity index is 4.22. The van der Waals surface area contributed by atoms with Crippen LogP contribution < -0.4 is 0 Å². The largest absolute Gasteiger partial charge is 0.335 e. The van der Waals surface area contributed by atoms with Crippen molar-refractivity contribution in [2.24, 2.45) is 5.92 Å². The third kappa shape index (κ3) is 4.02. The predicted octanol–water partition coefficient (Wildman–Crippen LogP) is 0.886. The first-order valence-electron chi connectivity index (χ1n) is 4.52. The van der Waals surface area contributed by atoms with Crippen molar-refractivity contribution in [2.45, 2.75) is 33.6 Å². The van der Waals surface area contributed by atoms with Crippen LogP contribution in [0.3, 0.4) is 0 Å². The summed E-state index contributed by atoms with van der Waals surface area (Å²) in [4.78, 5) is 37.2. The van der Waals surface area contributed by atoms with Gasteiger partial charge >= 0.3 is 5.97 Å².